The zero-order chi connectivity index (χ0) is 22.5. The molecule has 162 valence electrons. The Balaban J connectivity index is 1.86. The number of carbonyl (C=O) groups excluding carboxylic acids is 3. The van der Waals surface area contributed by atoms with E-state index in [0.29, 0.717) is 29.2 Å². The van der Waals surface area contributed by atoms with Crippen molar-refractivity contribution in [1.29, 1.82) is 5.26 Å². The molecular weight excluding hydrogens is 418 g/mol. The number of nitrogens with one attached hydrogen (secondary N) is 2. The van der Waals surface area contributed by atoms with Gasteiger partial charge in [-0.25, -0.2) is 4.79 Å². The number of ether oxygens (including phenoxy) is 2. The fourth-order valence-electron chi connectivity index (χ4n) is 2.50. The van der Waals surface area contributed by atoms with Gasteiger partial charge >= 0.3 is 5.97 Å². The predicted molar refractivity (Wildman–Crippen MR) is 118 cm³/mol. The maximum Gasteiger partial charge on any atom is 0.329 e. The van der Waals surface area contributed by atoms with E-state index >= 15 is 0 Å². The largest absolute Gasteiger partial charge is 0.484 e. The first-order valence-electron chi connectivity index (χ1n) is 9.45. The van der Waals surface area contributed by atoms with Crippen LogP contribution in [-0.4, -0.2) is 49.0 Å². The van der Waals surface area contributed by atoms with Gasteiger partial charge in [-0.15, -0.1) is 0 Å². The van der Waals surface area contributed by atoms with E-state index < -0.39 is 30.4 Å². The van der Waals surface area contributed by atoms with Gasteiger partial charge in [0.25, 0.3) is 11.8 Å². The summed E-state index contributed by atoms with van der Waals surface area (Å²) < 4.78 is 10.5. The van der Waals surface area contributed by atoms with Crippen LogP contribution in [0.25, 0.3) is 0 Å². The molecule has 0 aromatic heterocycles. The predicted octanol–water partition coefficient (Wildman–Crippen LogP) is 2.36. The van der Waals surface area contributed by atoms with Crippen LogP contribution in [0.5, 0.6) is 5.75 Å². The normalized spacial score (nSPS) is 11.0. The highest BCUT2D eigenvalue weighted by atomic mass is 32.2. The molecule has 2 aromatic rings. The van der Waals surface area contributed by atoms with E-state index in [1.54, 1.807) is 48.5 Å². The average Bonchev–Trinajstić information content (AvgIpc) is 2.79. The van der Waals surface area contributed by atoms with Gasteiger partial charge < -0.3 is 20.1 Å². The molecule has 1 atom stereocenters. The van der Waals surface area contributed by atoms with Gasteiger partial charge in [-0.3, -0.25) is 9.59 Å². The van der Waals surface area contributed by atoms with Crippen molar-refractivity contribution in [3.8, 4) is 11.8 Å². The summed E-state index contributed by atoms with van der Waals surface area (Å²) in [6.07, 6.45) is 2.22. The maximum atomic E-state index is 12.4. The Morgan fingerprint density at radius 2 is 1.74 bits per heavy atom. The number of nitrogens with zero attached hydrogens (tertiary/aromatic N) is 1. The Kier molecular flexibility index (Phi) is 9.91. The smallest absolute Gasteiger partial charge is 0.329 e. The third-order valence-electron chi connectivity index (χ3n) is 4.01. The molecule has 31 heavy (non-hydrogen) atoms. The van der Waals surface area contributed by atoms with E-state index in [2.05, 4.69) is 10.6 Å². The van der Waals surface area contributed by atoms with Crippen molar-refractivity contribution < 1.29 is 23.9 Å². The minimum absolute atomic E-state index is 0.251. The SMILES string of the molecule is CSCC[C@H](NC(=O)COc1ccccc1)C(=O)OCC(=O)Nc1ccccc1C#N. The van der Waals surface area contributed by atoms with Gasteiger partial charge in [-0.2, -0.15) is 17.0 Å². The Bertz CT molecular complexity index is 930. The summed E-state index contributed by atoms with van der Waals surface area (Å²) in [7, 11) is 0. The van der Waals surface area contributed by atoms with Gasteiger partial charge in [0.2, 0.25) is 0 Å². The molecule has 0 saturated carbocycles. The molecule has 0 saturated heterocycles. The molecule has 0 aliphatic carbocycles. The second-order valence-corrected chi connectivity index (χ2v) is 7.30. The Labute approximate surface area is 184 Å². The quantitative estimate of drug-likeness (QED) is 0.514. The lowest BCUT2D eigenvalue weighted by Crippen LogP contribution is -2.44. The van der Waals surface area contributed by atoms with Crippen molar-refractivity contribution in [3.05, 3.63) is 60.2 Å². The van der Waals surface area contributed by atoms with E-state index in [9.17, 15) is 14.4 Å². The summed E-state index contributed by atoms with van der Waals surface area (Å²) >= 11 is 1.51. The van der Waals surface area contributed by atoms with Crippen molar-refractivity contribution in [2.75, 3.05) is 30.5 Å². The minimum Gasteiger partial charge on any atom is -0.484 e. The molecule has 0 radical (unpaired) electrons. The second kappa shape index (κ2) is 12.9. The van der Waals surface area contributed by atoms with Crippen molar-refractivity contribution in [1.82, 2.24) is 5.32 Å². The van der Waals surface area contributed by atoms with Crippen LogP contribution in [0.1, 0.15) is 12.0 Å². The second-order valence-electron chi connectivity index (χ2n) is 6.32. The van der Waals surface area contributed by atoms with Crippen LogP contribution in [0, 0.1) is 11.3 Å². The molecule has 2 aromatic carbocycles. The number of para-hydroxylation sites is 2. The fourth-order valence-corrected chi connectivity index (χ4v) is 2.97. The van der Waals surface area contributed by atoms with Gasteiger partial charge in [0.15, 0.2) is 13.2 Å². The average molecular weight is 442 g/mol. The lowest BCUT2D eigenvalue weighted by Gasteiger charge is -2.17. The molecule has 0 unspecified atom stereocenters. The molecule has 0 spiro atoms. The lowest BCUT2D eigenvalue weighted by molar-refractivity contribution is -0.150. The third-order valence-corrected chi connectivity index (χ3v) is 4.65. The molecule has 0 bridgehead atoms. The topological polar surface area (TPSA) is 118 Å². The zero-order valence-electron chi connectivity index (χ0n) is 17.0. The molecule has 2 N–H and O–H groups in total. The van der Waals surface area contributed by atoms with Crippen LogP contribution in [-0.2, 0) is 19.1 Å². The molecular formula is C22H23N3O5S. The Morgan fingerprint density at radius 1 is 1.03 bits per heavy atom. The number of benzene rings is 2. The monoisotopic (exact) mass is 441 g/mol. The van der Waals surface area contributed by atoms with Crippen LogP contribution in [0.15, 0.2) is 54.6 Å². The van der Waals surface area contributed by atoms with Gasteiger partial charge in [0.05, 0.1) is 11.3 Å². The third kappa shape index (κ3) is 8.40. The lowest BCUT2D eigenvalue weighted by atomic mass is 10.2. The van der Waals surface area contributed by atoms with Gasteiger partial charge in [0.1, 0.15) is 17.9 Å². The molecule has 0 fully saturated rings. The Hall–Kier alpha value is -3.51. The van der Waals surface area contributed by atoms with E-state index in [4.69, 9.17) is 14.7 Å². The number of thioether (sulfide) groups is 1. The number of amides is 2. The molecule has 8 nitrogen and oxygen atoms in total. The first-order chi connectivity index (χ1) is 15.0. The van der Waals surface area contributed by atoms with Crippen molar-refractivity contribution in [3.63, 3.8) is 0 Å². The number of hydrogen-bond acceptors (Lipinski definition) is 7. The van der Waals surface area contributed by atoms with E-state index in [-0.39, 0.29) is 6.61 Å². The number of esters is 1. The highest BCUT2D eigenvalue weighted by Crippen LogP contribution is 2.13. The minimum atomic E-state index is -0.904. The fraction of sp³-hybridized carbons (Fsp3) is 0.273. The number of carbonyl (C=O) groups is 3. The zero-order valence-corrected chi connectivity index (χ0v) is 17.8. The van der Waals surface area contributed by atoms with Crippen LogP contribution >= 0.6 is 11.8 Å². The summed E-state index contributed by atoms with van der Waals surface area (Å²) in [5.41, 5.74) is 0.627. The maximum absolute atomic E-state index is 12.4. The van der Waals surface area contributed by atoms with Crippen molar-refractivity contribution in [2.24, 2.45) is 0 Å². The molecule has 0 heterocycles. The number of rotatable bonds is 11. The van der Waals surface area contributed by atoms with Crippen LogP contribution in [0.2, 0.25) is 0 Å². The molecule has 0 aliphatic heterocycles. The summed E-state index contributed by atoms with van der Waals surface area (Å²) in [6.45, 7) is -0.788. The highest BCUT2D eigenvalue weighted by Gasteiger charge is 2.23. The molecule has 9 heteroatoms. The molecule has 2 rings (SSSR count). The van der Waals surface area contributed by atoms with E-state index in [1.807, 2.05) is 18.4 Å². The Morgan fingerprint density at radius 3 is 2.45 bits per heavy atom. The summed E-state index contributed by atoms with van der Waals surface area (Å²) in [4.78, 5) is 36.7. The number of nitriles is 1. The standard InChI is InChI=1S/C22H23N3O5S/c1-31-12-11-19(25-20(26)14-29-17-8-3-2-4-9-17)22(28)30-15-21(27)24-18-10-6-5-7-16(18)13-23/h2-10,19H,11-12,14-15H2,1H3,(H,24,27)(H,25,26)/t19-/m0/s1. The first kappa shape index (κ1) is 23.8. The van der Waals surface area contributed by atoms with Crippen LogP contribution in [0.3, 0.4) is 0 Å². The van der Waals surface area contributed by atoms with Gasteiger partial charge in [-0.05, 0) is 42.7 Å². The van der Waals surface area contributed by atoms with E-state index in [0.717, 1.165) is 0 Å². The summed E-state index contributed by atoms with van der Waals surface area (Å²) in [5.74, 6) is -0.625. The van der Waals surface area contributed by atoms with Crippen LogP contribution < -0.4 is 15.4 Å². The van der Waals surface area contributed by atoms with Gasteiger partial charge in [0, 0.05) is 0 Å². The van der Waals surface area contributed by atoms with Crippen molar-refractivity contribution >= 4 is 35.2 Å². The summed E-state index contributed by atoms with van der Waals surface area (Å²) in [5, 5.41) is 14.2. The summed E-state index contributed by atoms with van der Waals surface area (Å²) in [6, 6.07) is 16.4. The number of hydrogen-bond donors (Lipinski definition) is 2. The first-order valence-corrected chi connectivity index (χ1v) is 10.8. The van der Waals surface area contributed by atoms with Crippen LogP contribution in [0.4, 0.5) is 5.69 Å². The van der Waals surface area contributed by atoms with E-state index in [1.165, 1.54) is 11.8 Å². The highest BCUT2D eigenvalue weighted by molar-refractivity contribution is 7.98. The number of anilines is 1. The molecule has 2 amide bonds. The van der Waals surface area contributed by atoms with Crippen molar-refractivity contribution in [2.45, 2.75) is 12.5 Å². The van der Waals surface area contributed by atoms with Gasteiger partial charge in [-0.1, -0.05) is 30.3 Å². The molecule has 0 aliphatic rings.